The van der Waals surface area contributed by atoms with Gasteiger partial charge < -0.3 is 11.1 Å². The van der Waals surface area contributed by atoms with Crippen molar-refractivity contribution in [3.63, 3.8) is 0 Å². The maximum atomic E-state index is 6.39. The van der Waals surface area contributed by atoms with Crippen LogP contribution in [0.2, 0.25) is 5.02 Å². The number of pyridine rings is 1. The number of hydrogen-bond acceptors (Lipinski definition) is 3. The molecule has 1 saturated carbocycles. The third kappa shape index (κ3) is 2.92. The number of hydrogen-bond donors (Lipinski definition) is 2. The Morgan fingerprint density at radius 1 is 1.32 bits per heavy atom. The van der Waals surface area contributed by atoms with E-state index in [1.165, 1.54) is 6.42 Å². The largest absolute Gasteiger partial charge is 0.370 e. The second-order valence-corrected chi connectivity index (χ2v) is 7.70. The molecule has 3 rings (SSSR count). The summed E-state index contributed by atoms with van der Waals surface area (Å²) in [6, 6.07) is 10.1. The highest BCUT2D eigenvalue weighted by Crippen LogP contribution is 2.45. The number of anilines is 1. The first kappa shape index (κ1) is 15.6. The fraction of sp³-hybridized carbons (Fsp3) is 0.500. The number of aromatic nitrogens is 1. The second-order valence-electron chi connectivity index (χ2n) is 7.27. The van der Waals surface area contributed by atoms with Crippen LogP contribution in [-0.2, 0) is 0 Å². The summed E-state index contributed by atoms with van der Waals surface area (Å²) in [4.78, 5) is 4.65. The van der Waals surface area contributed by atoms with Crippen LogP contribution in [0.5, 0.6) is 0 Å². The predicted molar refractivity (Wildman–Crippen MR) is 94.3 cm³/mol. The molecular formula is C18H24ClN3. The number of nitrogens with one attached hydrogen (secondary N) is 1. The van der Waals surface area contributed by atoms with Gasteiger partial charge in [-0.2, -0.15) is 0 Å². The Hall–Kier alpha value is -1.32. The quantitative estimate of drug-likeness (QED) is 0.887. The minimum absolute atomic E-state index is 0.248. The topological polar surface area (TPSA) is 50.9 Å². The first-order valence-corrected chi connectivity index (χ1v) is 8.30. The molecule has 0 radical (unpaired) electrons. The minimum Gasteiger partial charge on any atom is -0.370 e. The lowest BCUT2D eigenvalue weighted by molar-refractivity contribution is 0.258. The van der Waals surface area contributed by atoms with Crippen molar-refractivity contribution in [1.82, 2.24) is 4.98 Å². The third-order valence-electron chi connectivity index (χ3n) is 5.13. The van der Waals surface area contributed by atoms with Crippen LogP contribution < -0.4 is 11.1 Å². The van der Waals surface area contributed by atoms with Crippen LogP contribution in [0.25, 0.3) is 10.9 Å². The highest BCUT2D eigenvalue weighted by atomic mass is 35.5. The molecular weight excluding hydrogens is 294 g/mol. The number of rotatable bonds is 3. The van der Waals surface area contributed by atoms with Crippen molar-refractivity contribution >= 4 is 28.3 Å². The zero-order valence-electron chi connectivity index (χ0n) is 13.4. The van der Waals surface area contributed by atoms with E-state index in [9.17, 15) is 0 Å². The van der Waals surface area contributed by atoms with Crippen LogP contribution in [0, 0.1) is 17.3 Å². The van der Waals surface area contributed by atoms with E-state index >= 15 is 0 Å². The zero-order chi connectivity index (χ0) is 15.9. The van der Waals surface area contributed by atoms with Gasteiger partial charge in [-0.3, -0.25) is 0 Å². The van der Waals surface area contributed by atoms with Crippen LogP contribution in [0.1, 0.15) is 27.2 Å². The molecule has 1 fully saturated rings. The number of nitrogens with zero attached hydrogens (tertiary/aromatic N) is 1. The van der Waals surface area contributed by atoms with Crippen molar-refractivity contribution in [2.75, 3.05) is 11.9 Å². The zero-order valence-corrected chi connectivity index (χ0v) is 14.2. The number of halogens is 1. The summed E-state index contributed by atoms with van der Waals surface area (Å²) in [6.07, 6.45) is 1.18. The Bertz CT molecular complexity index is 683. The summed E-state index contributed by atoms with van der Waals surface area (Å²) in [5.41, 5.74) is 7.58. The average Bonchev–Trinajstić information content (AvgIpc) is 2.65. The fourth-order valence-corrected chi connectivity index (χ4v) is 4.02. The first-order valence-electron chi connectivity index (χ1n) is 7.92. The van der Waals surface area contributed by atoms with Gasteiger partial charge in [-0.15, -0.1) is 0 Å². The van der Waals surface area contributed by atoms with Crippen LogP contribution in [0.15, 0.2) is 30.3 Å². The molecule has 118 valence electrons. The average molecular weight is 318 g/mol. The molecule has 0 amide bonds. The monoisotopic (exact) mass is 317 g/mol. The van der Waals surface area contributed by atoms with E-state index < -0.39 is 0 Å². The van der Waals surface area contributed by atoms with Crippen molar-refractivity contribution < 1.29 is 0 Å². The molecule has 1 aliphatic rings. The molecule has 3 N–H and O–H groups in total. The van der Waals surface area contributed by atoms with E-state index in [-0.39, 0.29) is 11.5 Å². The summed E-state index contributed by atoms with van der Waals surface area (Å²) in [6.45, 7) is 7.74. The molecule has 3 unspecified atom stereocenters. The molecule has 1 heterocycles. The molecule has 2 aromatic rings. The lowest BCUT2D eigenvalue weighted by atomic mass is 9.81. The van der Waals surface area contributed by atoms with Crippen LogP contribution in [0.4, 0.5) is 5.82 Å². The summed E-state index contributed by atoms with van der Waals surface area (Å²) < 4.78 is 0. The number of fused-ring (bicyclic) bond motifs is 1. The molecule has 4 heteroatoms. The van der Waals surface area contributed by atoms with E-state index in [4.69, 9.17) is 17.3 Å². The molecule has 0 bridgehead atoms. The van der Waals surface area contributed by atoms with Gasteiger partial charge in [0.25, 0.3) is 0 Å². The maximum Gasteiger partial charge on any atom is 0.126 e. The molecule has 0 spiro atoms. The minimum atomic E-state index is 0.248. The summed E-state index contributed by atoms with van der Waals surface area (Å²) >= 11 is 6.05. The number of nitrogens with two attached hydrogens (primary N) is 1. The van der Waals surface area contributed by atoms with Crippen LogP contribution in [0.3, 0.4) is 0 Å². The van der Waals surface area contributed by atoms with E-state index in [2.05, 4.69) is 37.1 Å². The lowest BCUT2D eigenvalue weighted by Crippen LogP contribution is -2.38. The molecule has 0 aliphatic heterocycles. The normalized spacial score (nSPS) is 27.2. The van der Waals surface area contributed by atoms with E-state index in [0.29, 0.717) is 16.9 Å². The van der Waals surface area contributed by atoms with Gasteiger partial charge >= 0.3 is 0 Å². The summed E-state index contributed by atoms with van der Waals surface area (Å²) in [5.74, 6) is 1.92. The Morgan fingerprint density at radius 3 is 2.73 bits per heavy atom. The predicted octanol–water partition coefficient (Wildman–Crippen LogP) is 4.31. The Balaban J connectivity index is 1.76. The van der Waals surface area contributed by atoms with Gasteiger partial charge in [0.2, 0.25) is 0 Å². The van der Waals surface area contributed by atoms with Crippen LogP contribution in [-0.4, -0.2) is 17.6 Å². The van der Waals surface area contributed by atoms with Crippen molar-refractivity contribution in [3.8, 4) is 0 Å². The van der Waals surface area contributed by atoms with Gasteiger partial charge in [-0.1, -0.05) is 38.4 Å². The molecule has 0 saturated heterocycles. The van der Waals surface area contributed by atoms with E-state index in [1.807, 2.05) is 24.3 Å². The van der Waals surface area contributed by atoms with Gasteiger partial charge in [0.15, 0.2) is 0 Å². The van der Waals surface area contributed by atoms with Crippen molar-refractivity contribution in [1.29, 1.82) is 0 Å². The SMILES string of the molecule is CC1CC(C)(C)C(CNc2ccc3ccc(Cl)cc3n2)C1N. The highest BCUT2D eigenvalue weighted by molar-refractivity contribution is 6.31. The smallest absolute Gasteiger partial charge is 0.126 e. The Morgan fingerprint density at radius 2 is 2.05 bits per heavy atom. The molecule has 1 aliphatic carbocycles. The van der Waals surface area contributed by atoms with Crippen molar-refractivity contribution in [3.05, 3.63) is 35.4 Å². The van der Waals surface area contributed by atoms with Gasteiger partial charge in [0.05, 0.1) is 5.52 Å². The Kier molecular flexibility index (Phi) is 4.04. The third-order valence-corrected chi connectivity index (χ3v) is 5.37. The Labute approximate surface area is 137 Å². The van der Waals surface area contributed by atoms with Crippen molar-refractivity contribution in [2.45, 2.75) is 33.2 Å². The lowest BCUT2D eigenvalue weighted by Gasteiger charge is -2.29. The van der Waals surface area contributed by atoms with Gasteiger partial charge in [0, 0.05) is 23.0 Å². The first-order chi connectivity index (χ1) is 10.4. The fourth-order valence-electron chi connectivity index (χ4n) is 3.85. The van der Waals surface area contributed by atoms with Crippen LogP contribution >= 0.6 is 11.6 Å². The summed E-state index contributed by atoms with van der Waals surface area (Å²) in [5, 5.41) is 5.28. The molecule has 3 atom stereocenters. The number of benzene rings is 1. The molecule has 1 aromatic carbocycles. The van der Waals surface area contributed by atoms with Gasteiger partial charge in [-0.25, -0.2) is 4.98 Å². The van der Waals surface area contributed by atoms with Gasteiger partial charge in [0.1, 0.15) is 5.82 Å². The van der Waals surface area contributed by atoms with E-state index in [1.54, 1.807) is 0 Å². The second kappa shape index (κ2) is 5.71. The summed E-state index contributed by atoms with van der Waals surface area (Å²) in [7, 11) is 0. The van der Waals surface area contributed by atoms with Crippen molar-refractivity contribution in [2.24, 2.45) is 23.0 Å². The highest BCUT2D eigenvalue weighted by Gasteiger charge is 2.44. The molecule has 1 aromatic heterocycles. The molecule has 22 heavy (non-hydrogen) atoms. The maximum absolute atomic E-state index is 6.39. The standard InChI is InChI=1S/C18H24ClN3/c1-11-9-18(2,3)14(17(11)20)10-21-16-7-5-12-4-6-13(19)8-15(12)22-16/h4-8,11,14,17H,9-10,20H2,1-3H3,(H,21,22). The van der Waals surface area contributed by atoms with Gasteiger partial charge in [-0.05, 0) is 47.9 Å². The molecule has 3 nitrogen and oxygen atoms in total. The van der Waals surface area contributed by atoms with E-state index in [0.717, 1.165) is 23.3 Å².